The molecule has 98 valence electrons. The summed E-state index contributed by atoms with van der Waals surface area (Å²) in [6.45, 7) is 4.42. The van der Waals surface area contributed by atoms with E-state index in [4.69, 9.17) is 9.47 Å². The van der Waals surface area contributed by atoms with Crippen LogP contribution in [0.3, 0.4) is 0 Å². The third-order valence-electron chi connectivity index (χ3n) is 3.29. The monoisotopic (exact) mass is 248 g/mol. The molecule has 0 aliphatic carbocycles. The Labute approximate surface area is 108 Å². The van der Waals surface area contributed by atoms with Crippen LogP contribution in [0.4, 0.5) is 0 Å². The molecular weight excluding hydrogens is 228 g/mol. The molecule has 1 aliphatic heterocycles. The van der Waals surface area contributed by atoms with E-state index in [1.165, 1.54) is 0 Å². The molecule has 2 rings (SSSR count). The van der Waals surface area contributed by atoms with Gasteiger partial charge in [-0.1, -0.05) is 50.1 Å². The highest BCUT2D eigenvalue weighted by Crippen LogP contribution is 2.49. The van der Waals surface area contributed by atoms with Crippen molar-refractivity contribution in [3.05, 3.63) is 35.9 Å². The summed E-state index contributed by atoms with van der Waals surface area (Å²) in [5.74, 6) is -0.243. The van der Waals surface area contributed by atoms with Gasteiger partial charge in [0.2, 0.25) is 0 Å². The van der Waals surface area contributed by atoms with Crippen LogP contribution in [-0.2, 0) is 14.3 Å². The van der Waals surface area contributed by atoms with Gasteiger partial charge in [-0.25, -0.2) is 4.79 Å². The minimum Gasteiger partial charge on any atom is -0.463 e. The van der Waals surface area contributed by atoms with Gasteiger partial charge in [-0.2, -0.15) is 0 Å². The van der Waals surface area contributed by atoms with E-state index in [2.05, 4.69) is 6.92 Å². The zero-order valence-electron chi connectivity index (χ0n) is 11.0. The van der Waals surface area contributed by atoms with Crippen molar-refractivity contribution in [2.45, 2.75) is 44.8 Å². The number of unbranched alkanes of at least 4 members (excludes halogenated alkanes) is 2. The Morgan fingerprint density at radius 3 is 2.72 bits per heavy atom. The van der Waals surface area contributed by atoms with Gasteiger partial charge in [-0.05, 0) is 18.9 Å². The van der Waals surface area contributed by atoms with Gasteiger partial charge in [0, 0.05) is 0 Å². The number of hydrogen-bond acceptors (Lipinski definition) is 3. The molecule has 1 fully saturated rings. The predicted molar refractivity (Wildman–Crippen MR) is 69.2 cm³/mol. The van der Waals surface area contributed by atoms with Crippen LogP contribution < -0.4 is 0 Å². The predicted octanol–water partition coefficient (Wildman–Crippen LogP) is 3.25. The highest BCUT2D eigenvalue weighted by Gasteiger charge is 2.60. The number of esters is 1. The smallest absolute Gasteiger partial charge is 0.341 e. The van der Waals surface area contributed by atoms with Gasteiger partial charge in [0.05, 0.1) is 6.61 Å². The summed E-state index contributed by atoms with van der Waals surface area (Å²) in [5.41, 5.74) is 0.249. The summed E-state index contributed by atoms with van der Waals surface area (Å²) in [5, 5.41) is 0. The van der Waals surface area contributed by atoms with E-state index < -0.39 is 5.60 Å². The van der Waals surface area contributed by atoms with Crippen LogP contribution in [-0.4, -0.2) is 18.2 Å². The van der Waals surface area contributed by atoms with Crippen LogP contribution in [0.15, 0.2) is 30.3 Å². The summed E-state index contributed by atoms with van der Waals surface area (Å²) in [6.07, 6.45) is 2.98. The maximum Gasteiger partial charge on any atom is 0.341 e. The highest BCUT2D eigenvalue weighted by molar-refractivity contribution is 5.83. The minimum absolute atomic E-state index is 0.155. The summed E-state index contributed by atoms with van der Waals surface area (Å²) in [4.78, 5) is 11.9. The SMILES string of the molecule is CCCCCOC(=O)[C@]1(C)O[C@H]1c1ccccc1. The summed E-state index contributed by atoms with van der Waals surface area (Å²) < 4.78 is 10.8. The number of rotatable bonds is 6. The van der Waals surface area contributed by atoms with Gasteiger partial charge < -0.3 is 9.47 Å². The fourth-order valence-electron chi connectivity index (χ4n) is 2.04. The Hall–Kier alpha value is -1.35. The van der Waals surface area contributed by atoms with Crippen molar-refractivity contribution in [2.75, 3.05) is 6.61 Å². The van der Waals surface area contributed by atoms with Gasteiger partial charge in [-0.15, -0.1) is 0 Å². The number of ether oxygens (including phenoxy) is 2. The van der Waals surface area contributed by atoms with Crippen molar-refractivity contribution in [3.8, 4) is 0 Å². The van der Waals surface area contributed by atoms with Crippen LogP contribution in [0, 0.1) is 0 Å². The molecule has 0 unspecified atom stereocenters. The van der Waals surface area contributed by atoms with Gasteiger partial charge in [0.15, 0.2) is 5.60 Å². The van der Waals surface area contributed by atoms with Crippen molar-refractivity contribution in [2.24, 2.45) is 0 Å². The van der Waals surface area contributed by atoms with Gasteiger partial charge in [0.1, 0.15) is 6.10 Å². The molecule has 0 aromatic heterocycles. The second-order valence-corrected chi connectivity index (χ2v) is 4.86. The molecule has 1 aromatic carbocycles. The van der Waals surface area contributed by atoms with E-state index in [1.807, 2.05) is 30.3 Å². The first-order valence-electron chi connectivity index (χ1n) is 6.58. The summed E-state index contributed by atoms with van der Waals surface area (Å²) in [6, 6.07) is 9.79. The van der Waals surface area contributed by atoms with E-state index in [0.717, 1.165) is 24.8 Å². The maximum atomic E-state index is 11.9. The number of epoxide rings is 1. The number of benzene rings is 1. The Bertz CT molecular complexity index is 401. The highest BCUT2D eigenvalue weighted by atomic mass is 16.7. The number of carbonyl (C=O) groups is 1. The molecule has 1 aliphatic rings. The van der Waals surface area contributed by atoms with Crippen molar-refractivity contribution >= 4 is 5.97 Å². The molecule has 3 heteroatoms. The molecule has 0 radical (unpaired) electrons. The largest absolute Gasteiger partial charge is 0.463 e. The molecule has 0 bridgehead atoms. The molecule has 1 heterocycles. The van der Waals surface area contributed by atoms with Crippen LogP contribution >= 0.6 is 0 Å². The topological polar surface area (TPSA) is 38.8 Å². The summed E-state index contributed by atoms with van der Waals surface area (Å²) in [7, 11) is 0. The molecule has 0 amide bonds. The molecule has 3 nitrogen and oxygen atoms in total. The molecule has 2 atom stereocenters. The molecule has 1 saturated heterocycles. The lowest BCUT2D eigenvalue weighted by molar-refractivity contribution is -0.149. The third kappa shape index (κ3) is 2.72. The number of hydrogen-bond donors (Lipinski definition) is 0. The normalized spacial score (nSPS) is 25.8. The quantitative estimate of drug-likeness (QED) is 0.440. The standard InChI is InChI=1S/C15H20O3/c1-3-4-8-11-17-14(16)15(2)13(18-15)12-9-6-5-7-10-12/h5-7,9-10,13H,3-4,8,11H2,1-2H3/t13-,15+/m0/s1. The molecular formula is C15H20O3. The molecule has 1 aromatic rings. The van der Waals surface area contributed by atoms with Crippen molar-refractivity contribution in [1.82, 2.24) is 0 Å². The maximum absolute atomic E-state index is 11.9. The zero-order valence-corrected chi connectivity index (χ0v) is 11.0. The average molecular weight is 248 g/mol. The molecule has 0 saturated carbocycles. The Morgan fingerprint density at radius 2 is 2.06 bits per heavy atom. The van der Waals surface area contributed by atoms with Crippen LogP contribution in [0.2, 0.25) is 0 Å². The first-order chi connectivity index (χ1) is 8.68. The molecule has 18 heavy (non-hydrogen) atoms. The van der Waals surface area contributed by atoms with E-state index in [-0.39, 0.29) is 12.1 Å². The van der Waals surface area contributed by atoms with Crippen LogP contribution in [0.5, 0.6) is 0 Å². The average Bonchev–Trinajstić information content (AvgIpc) is 3.09. The van der Waals surface area contributed by atoms with Gasteiger partial charge in [0.25, 0.3) is 0 Å². The van der Waals surface area contributed by atoms with E-state index >= 15 is 0 Å². The second-order valence-electron chi connectivity index (χ2n) is 4.86. The molecule has 0 N–H and O–H groups in total. The van der Waals surface area contributed by atoms with Crippen LogP contribution in [0.1, 0.15) is 44.8 Å². The lowest BCUT2D eigenvalue weighted by Gasteiger charge is -2.07. The van der Waals surface area contributed by atoms with E-state index in [1.54, 1.807) is 6.92 Å². The van der Waals surface area contributed by atoms with Crippen molar-refractivity contribution in [3.63, 3.8) is 0 Å². The minimum atomic E-state index is -0.784. The fourth-order valence-corrected chi connectivity index (χ4v) is 2.04. The third-order valence-corrected chi connectivity index (χ3v) is 3.29. The Kier molecular flexibility index (Phi) is 4.02. The van der Waals surface area contributed by atoms with Crippen molar-refractivity contribution in [1.29, 1.82) is 0 Å². The van der Waals surface area contributed by atoms with E-state index in [0.29, 0.717) is 6.61 Å². The molecule has 0 spiro atoms. The van der Waals surface area contributed by atoms with Crippen molar-refractivity contribution < 1.29 is 14.3 Å². The second kappa shape index (κ2) is 5.53. The van der Waals surface area contributed by atoms with E-state index in [9.17, 15) is 4.79 Å². The zero-order chi connectivity index (χ0) is 13.0. The first-order valence-corrected chi connectivity index (χ1v) is 6.58. The lowest BCUT2D eigenvalue weighted by atomic mass is 10.0. The Morgan fingerprint density at radius 1 is 1.33 bits per heavy atom. The Balaban J connectivity index is 1.85. The number of carbonyl (C=O) groups excluding carboxylic acids is 1. The first kappa shape index (κ1) is 13.1. The lowest BCUT2D eigenvalue weighted by Crippen LogP contribution is -2.24. The van der Waals surface area contributed by atoms with Gasteiger partial charge >= 0.3 is 5.97 Å². The summed E-state index contributed by atoms with van der Waals surface area (Å²) >= 11 is 0. The van der Waals surface area contributed by atoms with Crippen LogP contribution in [0.25, 0.3) is 0 Å². The van der Waals surface area contributed by atoms with Gasteiger partial charge in [-0.3, -0.25) is 0 Å². The fraction of sp³-hybridized carbons (Fsp3) is 0.533.